The number of Topliss-reactive ketones (excluding diaryl/α,β-unsaturated/α-hetero) is 1. The van der Waals surface area contributed by atoms with Crippen LogP contribution in [0, 0.1) is 23.2 Å². The molecular formula is C28H29F5O3. The lowest BCUT2D eigenvalue weighted by Gasteiger charge is -2.53. The standard InChI is InChI=1S/C28H29F5O3/c1-14(34)15-3-5-16(6-4-15)20-13-26(2)21(9-10-24(26)27(29,30)28(31,32)33)18-8-7-17-11-22(35)23(36)12-19(17)25(18)20/h3-6,11,18,20-21,23-24,36H,7-10,12-13H2,1-2H3/t18-,20+,21-,23?,24+,26-/m0/s1. The van der Waals surface area contributed by atoms with Crippen molar-refractivity contribution < 1.29 is 36.6 Å². The Morgan fingerprint density at radius 3 is 2.33 bits per heavy atom. The predicted octanol–water partition coefficient (Wildman–Crippen LogP) is 6.57. The summed E-state index contributed by atoms with van der Waals surface area (Å²) in [5.41, 5.74) is 2.64. The third-order valence-corrected chi connectivity index (χ3v) is 9.35. The highest BCUT2D eigenvalue weighted by atomic mass is 19.4. The lowest BCUT2D eigenvalue weighted by atomic mass is 9.51. The van der Waals surface area contributed by atoms with Gasteiger partial charge in [-0.2, -0.15) is 22.0 Å². The molecule has 2 fully saturated rings. The maximum absolute atomic E-state index is 14.9. The predicted molar refractivity (Wildman–Crippen MR) is 123 cm³/mol. The van der Waals surface area contributed by atoms with E-state index in [2.05, 4.69) is 0 Å². The van der Waals surface area contributed by atoms with Crippen LogP contribution >= 0.6 is 0 Å². The molecule has 1 N–H and O–H groups in total. The van der Waals surface area contributed by atoms with Crippen LogP contribution in [0.15, 0.2) is 47.1 Å². The molecular weight excluding hydrogens is 479 g/mol. The first-order valence-electron chi connectivity index (χ1n) is 12.5. The molecule has 3 nitrogen and oxygen atoms in total. The number of benzene rings is 1. The highest BCUT2D eigenvalue weighted by Crippen LogP contribution is 2.69. The highest BCUT2D eigenvalue weighted by Gasteiger charge is 2.70. The van der Waals surface area contributed by atoms with E-state index in [1.54, 1.807) is 31.2 Å². The molecule has 0 heterocycles. The lowest BCUT2D eigenvalue weighted by molar-refractivity contribution is -0.315. The third kappa shape index (κ3) is 3.70. The van der Waals surface area contributed by atoms with E-state index in [0.29, 0.717) is 18.4 Å². The normalized spacial score (nSPS) is 34.6. The molecule has 0 bridgehead atoms. The topological polar surface area (TPSA) is 54.4 Å². The number of alkyl halides is 5. The fourth-order valence-corrected chi connectivity index (χ4v) is 7.69. The van der Waals surface area contributed by atoms with Gasteiger partial charge >= 0.3 is 12.1 Å². The van der Waals surface area contributed by atoms with Crippen molar-refractivity contribution in [1.82, 2.24) is 0 Å². The minimum atomic E-state index is -5.62. The summed E-state index contributed by atoms with van der Waals surface area (Å²) in [7, 11) is 0. The van der Waals surface area contributed by atoms with Crippen molar-refractivity contribution in [3.05, 3.63) is 58.2 Å². The first kappa shape index (κ1) is 25.3. The van der Waals surface area contributed by atoms with Gasteiger partial charge in [-0.3, -0.25) is 9.59 Å². The van der Waals surface area contributed by atoms with Crippen LogP contribution in [0.1, 0.15) is 74.2 Å². The fourth-order valence-electron chi connectivity index (χ4n) is 7.69. The zero-order valence-corrected chi connectivity index (χ0v) is 20.2. The second-order valence-electron chi connectivity index (χ2n) is 11.2. The molecule has 0 amide bonds. The summed E-state index contributed by atoms with van der Waals surface area (Å²) in [6.07, 6.45) is -3.92. The van der Waals surface area contributed by atoms with Gasteiger partial charge in [-0.05, 0) is 79.1 Å². The molecule has 6 atom stereocenters. The van der Waals surface area contributed by atoms with Crippen molar-refractivity contribution in [2.24, 2.45) is 23.2 Å². The van der Waals surface area contributed by atoms with E-state index in [1.807, 2.05) is 0 Å². The number of aliphatic hydroxyl groups excluding tert-OH is 1. The zero-order chi connectivity index (χ0) is 26.2. The van der Waals surface area contributed by atoms with Crippen LogP contribution in [0.25, 0.3) is 0 Å². The van der Waals surface area contributed by atoms with E-state index in [1.165, 1.54) is 13.0 Å². The van der Waals surface area contributed by atoms with Crippen molar-refractivity contribution in [2.75, 3.05) is 0 Å². The second-order valence-corrected chi connectivity index (χ2v) is 11.2. The van der Waals surface area contributed by atoms with Gasteiger partial charge in [0.15, 0.2) is 11.6 Å². The van der Waals surface area contributed by atoms with E-state index in [9.17, 15) is 36.6 Å². The van der Waals surface area contributed by atoms with Gasteiger partial charge in [-0.1, -0.05) is 36.8 Å². The van der Waals surface area contributed by atoms with Crippen LogP contribution < -0.4 is 0 Å². The number of carbonyl (C=O) groups is 2. The van der Waals surface area contributed by atoms with Gasteiger partial charge in [0.1, 0.15) is 6.10 Å². The Morgan fingerprint density at radius 1 is 1.06 bits per heavy atom. The number of aliphatic hydroxyl groups is 1. The average Bonchev–Trinajstić information content (AvgIpc) is 3.16. The Balaban J connectivity index is 1.66. The summed E-state index contributed by atoms with van der Waals surface area (Å²) in [5.74, 6) is -8.10. The van der Waals surface area contributed by atoms with E-state index in [4.69, 9.17) is 0 Å². The summed E-state index contributed by atoms with van der Waals surface area (Å²) in [6, 6.07) is 6.82. The second kappa shape index (κ2) is 8.33. The van der Waals surface area contributed by atoms with Crippen molar-refractivity contribution in [3.8, 4) is 0 Å². The fraction of sp³-hybridized carbons (Fsp3) is 0.571. The number of hydrogen-bond donors (Lipinski definition) is 1. The largest absolute Gasteiger partial charge is 0.453 e. The number of allylic oxidation sites excluding steroid dienone is 2. The molecule has 0 aliphatic heterocycles. The molecule has 36 heavy (non-hydrogen) atoms. The van der Waals surface area contributed by atoms with E-state index < -0.39 is 35.5 Å². The lowest BCUT2D eigenvalue weighted by Crippen LogP contribution is -2.52. The number of rotatable bonds is 3. The molecule has 0 radical (unpaired) electrons. The van der Waals surface area contributed by atoms with Crippen LogP contribution in [0.5, 0.6) is 0 Å². The smallest absolute Gasteiger partial charge is 0.385 e. The molecule has 0 spiro atoms. The summed E-state index contributed by atoms with van der Waals surface area (Å²) in [5, 5.41) is 10.3. The molecule has 8 heteroatoms. The molecule has 4 aliphatic rings. The Labute approximate surface area is 206 Å². The first-order chi connectivity index (χ1) is 16.8. The van der Waals surface area contributed by atoms with Gasteiger partial charge in [0.05, 0.1) is 0 Å². The summed E-state index contributed by atoms with van der Waals surface area (Å²) >= 11 is 0. The average molecular weight is 509 g/mol. The molecule has 1 aromatic rings. The molecule has 5 rings (SSSR count). The molecule has 4 aliphatic carbocycles. The molecule has 2 saturated carbocycles. The minimum Gasteiger partial charge on any atom is -0.385 e. The van der Waals surface area contributed by atoms with Crippen LogP contribution in [0.3, 0.4) is 0 Å². The number of halogens is 5. The summed E-state index contributed by atoms with van der Waals surface area (Å²) < 4.78 is 70.3. The van der Waals surface area contributed by atoms with Gasteiger partial charge < -0.3 is 5.11 Å². The molecule has 1 aromatic carbocycles. The summed E-state index contributed by atoms with van der Waals surface area (Å²) in [6.45, 7) is 3.03. The van der Waals surface area contributed by atoms with E-state index >= 15 is 0 Å². The van der Waals surface area contributed by atoms with Crippen molar-refractivity contribution in [1.29, 1.82) is 0 Å². The SMILES string of the molecule is CC(=O)c1ccc([C@H]2C[C@@]3(C)[C@@H](CC[C@H]3C(F)(F)C(F)(F)F)[C@@H]3CCC4=CC(=O)C(O)CC4=C32)cc1. The molecule has 194 valence electrons. The van der Waals surface area contributed by atoms with Crippen LogP contribution in [-0.4, -0.2) is 34.9 Å². The first-order valence-corrected chi connectivity index (χ1v) is 12.5. The Kier molecular flexibility index (Phi) is 5.86. The monoisotopic (exact) mass is 508 g/mol. The number of carbonyl (C=O) groups excluding carboxylic acids is 2. The maximum atomic E-state index is 14.9. The molecule has 0 aromatic heterocycles. The van der Waals surface area contributed by atoms with Crippen molar-refractivity contribution in [2.45, 2.75) is 76.5 Å². The van der Waals surface area contributed by atoms with Gasteiger partial charge in [0.25, 0.3) is 0 Å². The van der Waals surface area contributed by atoms with Gasteiger partial charge in [0.2, 0.25) is 0 Å². The van der Waals surface area contributed by atoms with E-state index in [0.717, 1.165) is 22.3 Å². The van der Waals surface area contributed by atoms with Crippen LogP contribution in [0.4, 0.5) is 22.0 Å². The van der Waals surface area contributed by atoms with E-state index in [-0.39, 0.29) is 49.1 Å². The minimum absolute atomic E-state index is 0.111. The quantitative estimate of drug-likeness (QED) is 0.371. The van der Waals surface area contributed by atoms with Gasteiger partial charge in [-0.25, -0.2) is 0 Å². The maximum Gasteiger partial charge on any atom is 0.453 e. The summed E-state index contributed by atoms with van der Waals surface area (Å²) in [4.78, 5) is 24.0. The molecule has 0 saturated heterocycles. The Bertz CT molecular complexity index is 1160. The van der Waals surface area contributed by atoms with Gasteiger partial charge in [-0.15, -0.1) is 0 Å². The Hall–Kier alpha value is -2.35. The van der Waals surface area contributed by atoms with Crippen molar-refractivity contribution >= 4 is 11.6 Å². The zero-order valence-electron chi connectivity index (χ0n) is 20.2. The number of fused-ring (bicyclic) bond motifs is 4. The highest BCUT2D eigenvalue weighted by molar-refractivity contribution is 5.96. The third-order valence-electron chi connectivity index (χ3n) is 9.35. The van der Waals surface area contributed by atoms with Gasteiger partial charge in [0, 0.05) is 23.8 Å². The van der Waals surface area contributed by atoms with Crippen molar-refractivity contribution in [3.63, 3.8) is 0 Å². The number of ketones is 2. The van der Waals surface area contributed by atoms with Crippen LogP contribution in [-0.2, 0) is 4.79 Å². The number of hydrogen-bond acceptors (Lipinski definition) is 3. The molecule has 1 unspecified atom stereocenters. The van der Waals surface area contributed by atoms with Crippen LogP contribution in [0.2, 0.25) is 0 Å². The Morgan fingerprint density at radius 2 is 1.72 bits per heavy atom.